The summed E-state index contributed by atoms with van der Waals surface area (Å²) in [7, 11) is 0. The highest BCUT2D eigenvalue weighted by Gasteiger charge is 2.23. The minimum absolute atomic E-state index is 0.0118. The summed E-state index contributed by atoms with van der Waals surface area (Å²) in [5.74, 6) is 0.135. The highest BCUT2D eigenvalue weighted by molar-refractivity contribution is 6.36. The van der Waals surface area contributed by atoms with Crippen LogP contribution >= 0.6 is 11.6 Å². The van der Waals surface area contributed by atoms with Crippen molar-refractivity contribution in [1.29, 1.82) is 0 Å². The molecule has 1 aliphatic carbocycles. The molecule has 1 heterocycles. The lowest BCUT2D eigenvalue weighted by Gasteiger charge is -2.23. The van der Waals surface area contributed by atoms with Gasteiger partial charge in [-0.25, -0.2) is 0 Å². The van der Waals surface area contributed by atoms with Gasteiger partial charge in [0.25, 0.3) is 5.56 Å². The Balaban J connectivity index is 2.21. The number of hydrogen-bond donors (Lipinski definition) is 3. The molecular weight excluding hydrogens is 290 g/mol. The van der Waals surface area contributed by atoms with E-state index in [1.54, 1.807) is 18.2 Å². The number of phenolic OH excluding ortho intramolecular Hbond substituents is 1. The normalized spacial score (nSPS) is 21.5. The molecule has 0 saturated carbocycles. The lowest BCUT2D eigenvalue weighted by Crippen LogP contribution is -2.17. The Hall–Kier alpha value is -2.20. The Labute approximate surface area is 126 Å². The summed E-state index contributed by atoms with van der Waals surface area (Å²) in [6, 6.07) is 4.54. The van der Waals surface area contributed by atoms with Crippen LogP contribution in [0.4, 0.5) is 0 Å². The molecule has 3 N–H and O–H groups in total. The van der Waals surface area contributed by atoms with Crippen LogP contribution in [-0.4, -0.2) is 15.2 Å². The van der Waals surface area contributed by atoms with E-state index in [2.05, 4.69) is 4.98 Å². The summed E-state index contributed by atoms with van der Waals surface area (Å²) < 4.78 is 0. The second-order valence-electron chi connectivity index (χ2n) is 5.25. The van der Waals surface area contributed by atoms with E-state index in [0.29, 0.717) is 21.5 Å². The second-order valence-corrected chi connectivity index (χ2v) is 5.63. The van der Waals surface area contributed by atoms with Gasteiger partial charge in [0, 0.05) is 17.0 Å². The molecule has 1 aliphatic rings. The van der Waals surface area contributed by atoms with Crippen molar-refractivity contribution in [2.75, 3.05) is 0 Å². The molecule has 5 heteroatoms. The van der Waals surface area contributed by atoms with Crippen molar-refractivity contribution in [1.82, 2.24) is 4.98 Å². The Morgan fingerprint density at radius 3 is 2.71 bits per heavy atom. The van der Waals surface area contributed by atoms with Crippen molar-refractivity contribution in [2.45, 2.75) is 12.8 Å². The highest BCUT2D eigenvalue weighted by atomic mass is 35.5. The van der Waals surface area contributed by atoms with Gasteiger partial charge < -0.3 is 15.2 Å². The maximum Gasteiger partial charge on any atom is 0.256 e. The molecule has 2 aromatic rings. The lowest BCUT2D eigenvalue weighted by atomic mass is 9.86. The van der Waals surface area contributed by atoms with Crippen LogP contribution in [0.2, 0.25) is 5.02 Å². The lowest BCUT2D eigenvalue weighted by molar-refractivity contribution is 0.414. The standard InChI is InChI=1S/C16H14ClNO3/c1-8-6-9(19)2-4-11(8)15-14(17)12-5-3-10(20)7-13(12)16(21)18-15/h2-8,11,19-20H,1H3,(H,18,21). The third-order valence-electron chi connectivity index (χ3n) is 3.78. The molecule has 108 valence electrons. The number of hydrogen-bond acceptors (Lipinski definition) is 3. The van der Waals surface area contributed by atoms with Gasteiger partial charge in [-0.3, -0.25) is 4.79 Å². The van der Waals surface area contributed by atoms with Crippen LogP contribution in [0, 0.1) is 5.92 Å². The number of rotatable bonds is 1. The van der Waals surface area contributed by atoms with Gasteiger partial charge in [-0.15, -0.1) is 0 Å². The zero-order chi connectivity index (χ0) is 15.1. The fourth-order valence-electron chi connectivity index (χ4n) is 2.70. The van der Waals surface area contributed by atoms with Crippen LogP contribution < -0.4 is 5.56 Å². The number of aromatic nitrogens is 1. The van der Waals surface area contributed by atoms with Crippen molar-refractivity contribution < 1.29 is 10.2 Å². The van der Waals surface area contributed by atoms with Crippen molar-refractivity contribution >= 4 is 22.4 Å². The number of nitrogens with one attached hydrogen (secondary N) is 1. The van der Waals surface area contributed by atoms with Gasteiger partial charge in [0.15, 0.2) is 0 Å². The maximum atomic E-state index is 12.2. The fraction of sp³-hybridized carbons (Fsp3) is 0.188. The predicted octanol–water partition coefficient (Wildman–Crippen LogP) is 3.62. The Morgan fingerprint density at radius 1 is 1.24 bits per heavy atom. The molecule has 0 saturated heterocycles. The number of aliphatic hydroxyl groups is 1. The Kier molecular flexibility index (Phi) is 3.26. The van der Waals surface area contributed by atoms with Crippen LogP contribution in [0.1, 0.15) is 18.5 Å². The third kappa shape index (κ3) is 2.32. The van der Waals surface area contributed by atoms with Gasteiger partial charge in [0.1, 0.15) is 11.5 Å². The van der Waals surface area contributed by atoms with E-state index >= 15 is 0 Å². The van der Waals surface area contributed by atoms with Crippen LogP contribution in [-0.2, 0) is 0 Å². The predicted molar refractivity (Wildman–Crippen MR) is 83.0 cm³/mol. The average Bonchev–Trinajstić information content (AvgIpc) is 2.43. The van der Waals surface area contributed by atoms with E-state index in [1.807, 2.05) is 13.0 Å². The number of halogens is 1. The number of benzene rings is 1. The number of phenols is 1. The maximum absolute atomic E-state index is 12.2. The smallest absolute Gasteiger partial charge is 0.256 e. The molecule has 0 bridgehead atoms. The molecule has 1 aromatic heterocycles. The molecule has 0 spiro atoms. The summed E-state index contributed by atoms with van der Waals surface area (Å²) in [4.78, 5) is 15.0. The minimum Gasteiger partial charge on any atom is -0.508 e. The molecule has 2 atom stereocenters. The molecule has 4 nitrogen and oxygen atoms in total. The molecule has 21 heavy (non-hydrogen) atoms. The van der Waals surface area contributed by atoms with Crippen LogP contribution in [0.5, 0.6) is 5.75 Å². The molecule has 2 unspecified atom stereocenters. The first kappa shape index (κ1) is 13.8. The van der Waals surface area contributed by atoms with E-state index in [0.717, 1.165) is 0 Å². The quantitative estimate of drug-likeness (QED) is 0.753. The summed E-state index contributed by atoms with van der Waals surface area (Å²) in [6.45, 7) is 1.94. The van der Waals surface area contributed by atoms with Crippen molar-refractivity contribution in [3.05, 3.63) is 63.3 Å². The number of fused-ring (bicyclic) bond motifs is 1. The van der Waals surface area contributed by atoms with Gasteiger partial charge in [-0.2, -0.15) is 0 Å². The molecular formula is C16H14ClNO3. The molecule has 0 radical (unpaired) electrons. The van der Waals surface area contributed by atoms with Gasteiger partial charge in [-0.1, -0.05) is 24.6 Å². The van der Waals surface area contributed by atoms with E-state index in [9.17, 15) is 15.0 Å². The highest BCUT2D eigenvalue weighted by Crippen LogP contribution is 2.36. The number of aromatic hydroxyl groups is 1. The SMILES string of the molecule is CC1C=C(O)C=CC1c1[nH]c(=O)c2cc(O)ccc2c1Cl. The molecule has 0 aliphatic heterocycles. The molecule has 0 amide bonds. The first-order chi connectivity index (χ1) is 9.97. The van der Waals surface area contributed by atoms with Crippen molar-refractivity contribution in [3.63, 3.8) is 0 Å². The number of pyridine rings is 1. The summed E-state index contributed by atoms with van der Waals surface area (Å²) in [5, 5.41) is 20.4. The number of aliphatic hydroxyl groups excluding tert-OH is 1. The topological polar surface area (TPSA) is 73.3 Å². The molecule has 0 fully saturated rings. The van der Waals surface area contributed by atoms with Crippen LogP contribution in [0.3, 0.4) is 0 Å². The van der Waals surface area contributed by atoms with E-state index in [1.165, 1.54) is 12.1 Å². The average molecular weight is 304 g/mol. The Bertz CT molecular complexity index is 835. The van der Waals surface area contributed by atoms with Gasteiger partial charge in [0.05, 0.1) is 10.4 Å². The van der Waals surface area contributed by atoms with Gasteiger partial charge in [-0.05, 0) is 36.3 Å². The largest absolute Gasteiger partial charge is 0.508 e. The molecule has 3 rings (SSSR count). The summed E-state index contributed by atoms with van der Waals surface area (Å²) in [5.41, 5.74) is 0.326. The number of H-pyrrole nitrogens is 1. The zero-order valence-electron chi connectivity index (χ0n) is 11.3. The van der Waals surface area contributed by atoms with Crippen LogP contribution in [0.25, 0.3) is 10.8 Å². The van der Waals surface area contributed by atoms with Crippen molar-refractivity contribution in [3.8, 4) is 5.75 Å². The van der Waals surface area contributed by atoms with E-state index in [4.69, 9.17) is 11.6 Å². The number of allylic oxidation sites excluding steroid dienone is 3. The monoisotopic (exact) mass is 303 g/mol. The third-order valence-corrected chi connectivity index (χ3v) is 4.18. The first-order valence-electron chi connectivity index (χ1n) is 6.61. The first-order valence-corrected chi connectivity index (χ1v) is 6.98. The fourth-order valence-corrected chi connectivity index (χ4v) is 3.03. The van der Waals surface area contributed by atoms with Crippen molar-refractivity contribution in [2.24, 2.45) is 5.92 Å². The van der Waals surface area contributed by atoms with E-state index in [-0.39, 0.29) is 28.9 Å². The molecule has 1 aromatic carbocycles. The number of aromatic amines is 1. The van der Waals surface area contributed by atoms with Crippen LogP contribution in [0.15, 0.2) is 47.0 Å². The Morgan fingerprint density at radius 2 is 2.00 bits per heavy atom. The summed E-state index contributed by atoms with van der Waals surface area (Å²) in [6.07, 6.45) is 5.14. The zero-order valence-corrected chi connectivity index (χ0v) is 12.1. The summed E-state index contributed by atoms with van der Waals surface area (Å²) >= 11 is 6.43. The second kappa shape index (κ2) is 4.97. The minimum atomic E-state index is -0.292. The van der Waals surface area contributed by atoms with Gasteiger partial charge in [0.2, 0.25) is 0 Å². The van der Waals surface area contributed by atoms with Gasteiger partial charge >= 0.3 is 0 Å². The van der Waals surface area contributed by atoms with E-state index < -0.39 is 0 Å².